The van der Waals surface area contributed by atoms with E-state index < -0.39 is 0 Å². The van der Waals surface area contributed by atoms with Gasteiger partial charge in [-0.25, -0.2) is 0 Å². The Labute approximate surface area is 124 Å². The maximum atomic E-state index is 5.65. The molecule has 0 spiro atoms. The second kappa shape index (κ2) is 6.73. The SMILES string of the molecule is CC(SCc1cccc(C(N)=S)c1)c1ccccc1. The van der Waals surface area contributed by atoms with Crippen molar-refractivity contribution >= 4 is 29.0 Å². The average molecular weight is 287 g/mol. The molecule has 0 amide bonds. The molecular weight excluding hydrogens is 270 g/mol. The molecule has 0 aliphatic heterocycles. The van der Waals surface area contributed by atoms with Gasteiger partial charge in [0.2, 0.25) is 0 Å². The second-order valence-corrected chi connectivity index (χ2v) is 6.20. The van der Waals surface area contributed by atoms with Gasteiger partial charge in [0.05, 0.1) is 0 Å². The summed E-state index contributed by atoms with van der Waals surface area (Å²) in [5.74, 6) is 0.965. The van der Waals surface area contributed by atoms with Gasteiger partial charge in [0.15, 0.2) is 0 Å². The fraction of sp³-hybridized carbons (Fsp3) is 0.188. The fourth-order valence-electron chi connectivity index (χ4n) is 1.86. The lowest BCUT2D eigenvalue weighted by Crippen LogP contribution is -2.09. The highest BCUT2D eigenvalue weighted by Crippen LogP contribution is 2.30. The van der Waals surface area contributed by atoms with Gasteiger partial charge in [-0.15, -0.1) is 11.8 Å². The summed E-state index contributed by atoms with van der Waals surface area (Å²) in [5.41, 5.74) is 9.22. The van der Waals surface area contributed by atoms with Crippen molar-refractivity contribution in [1.82, 2.24) is 0 Å². The van der Waals surface area contributed by atoms with Crippen molar-refractivity contribution in [3.05, 3.63) is 71.3 Å². The van der Waals surface area contributed by atoms with Crippen LogP contribution in [0.2, 0.25) is 0 Å². The molecule has 1 nitrogen and oxygen atoms in total. The first-order chi connectivity index (χ1) is 9.16. The summed E-state index contributed by atoms with van der Waals surface area (Å²) >= 11 is 6.92. The van der Waals surface area contributed by atoms with Gasteiger partial charge < -0.3 is 5.73 Å². The largest absolute Gasteiger partial charge is 0.389 e. The lowest BCUT2D eigenvalue weighted by atomic mass is 10.1. The van der Waals surface area contributed by atoms with Crippen molar-refractivity contribution in [3.63, 3.8) is 0 Å². The van der Waals surface area contributed by atoms with Crippen LogP contribution in [-0.2, 0) is 5.75 Å². The van der Waals surface area contributed by atoms with Crippen LogP contribution < -0.4 is 5.73 Å². The predicted molar refractivity (Wildman–Crippen MR) is 88.5 cm³/mol. The molecule has 1 unspecified atom stereocenters. The van der Waals surface area contributed by atoms with Gasteiger partial charge in [-0.05, 0) is 24.1 Å². The summed E-state index contributed by atoms with van der Waals surface area (Å²) < 4.78 is 0. The molecule has 3 heteroatoms. The quantitative estimate of drug-likeness (QED) is 0.830. The predicted octanol–water partition coefficient (Wildman–Crippen LogP) is 4.32. The smallest absolute Gasteiger partial charge is 0.103 e. The maximum Gasteiger partial charge on any atom is 0.103 e. The molecule has 1 atom stereocenters. The number of rotatable bonds is 5. The minimum Gasteiger partial charge on any atom is -0.389 e. The first kappa shape index (κ1) is 14.1. The van der Waals surface area contributed by atoms with E-state index in [0.717, 1.165) is 11.3 Å². The summed E-state index contributed by atoms with van der Waals surface area (Å²) in [7, 11) is 0. The molecule has 19 heavy (non-hydrogen) atoms. The third-order valence-electron chi connectivity index (χ3n) is 2.98. The van der Waals surface area contributed by atoms with E-state index in [0.29, 0.717) is 10.2 Å². The van der Waals surface area contributed by atoms with Crippen molar-refractivity contribution in [3.8, 4) is 0 Å². The zero-order valence-corrected chi connectivity index (χ0v) is 12.5. The van der Waals surface area contributed by atoms with Gasteiger partial charge in [0.25, 0.3) is 0 Å². The Bertz CT molecular complexity index is 552. The van der Waals surface area contributed by atoms with Gasteiger partial charge >= 0.3 is 0 Å². The molecule has 0 radical (unpaired) electrons. The van der Waals surface area contributed by atoms with Crippen LogP contribution in [0, 0.1) is 0 Å². The van der Waals surface area contributed by atoms with Crippen molar-refractivity contribution < 1.29 is 0 Å². The van der Waals surface area contributed by atoms with Crippen LogP contribution in [0.5, 0.6) is 0 Å². The van der Waals surface area contributed by atoms with E-state index in [1.54, 1.807) is 0 Å². The highest BCUT2D eigenvalue weighted by atomic mass is 32.2. The van der Waals surface area contributed by atoms with E-state index in [9.17, 15) is 0 Å². The van der Waals surface area contributed by atoms with E-state index in [4.69, 9.17) is 18.0 Å². The molecule has 2 aromatic carbocycles. The van der Waals surface area contributed by atoms with Gasteiger partial charge in [0.1, 0.15) is 4.99 Å². The van der Waals surface area contributed by atoms with Gasteiger partial charge in [-0.3, -0.25) is 0 Å². The molecule has 0 saturated carbocycles. The van der Waals surface area contributed by atoms with Crippen LogP contribution in [-0.4, -0.2) is 4.99 Å². The molecule has 0 saturated heterocycles. The Morgan fingerprint density at radius 3 is 2.58 bits per heavy atom. The normalized spacial score (nSPS) is 12.1. The molecule has 98 valence electrons. The van der Waals surface area contributed by atoms with Crippen molar-refractivity contribution in [2.45, 2.75) is 17.9 Å². The molecule has 0 heterocycles. The molecule has 2 N–H and O–H groups in total. The topological polar surface area (TPSA) is 26.0 Å². The van der Waals surface area contributed by atoms with Gasteiger partial charge in [0, 0.05) is 16.6 Å². The average Bonchev–Trinajstić information content (AvgIpc) is 2.46. The zero-order chi connectivity index (χ0) is 13.7. The second-order valence-electron chi connectivity index (χ2n) is 4.43. The van der Waals surface area contributed by atoms with E-state index >= 15 is 0 Å². The summed E-state index contributed by atoms with van der Waals surface area (Å²) in [4.78, 5) is 0.461. The fourth-order valence-corrected chi connectivity index (χ4v) is 2.95. The molecule has 0 aliphatic rings. The molecule has 2 rings (SSSR count). The van der Waals surface area contributed by atoms with E-state index in [1.165, 1.54) is 11.1 Å². The van der Waals surface area contributed by atoms with E-state index in [1.807, 2.05) is 30.0 Å². The van der Waals surface area contributed by atoms with Crippen LogP contribution >= 0.6 is 24.0 Å². The summed E-state index contributed by atoms with van der Waals surface area (Å²) in [6.07, 6.45) is 0. The zero-order valence-electron chi connectivity index (χ0n) is 10.9. The van der Waals surface area contributed by atoms with Crippen LogP contribution in [0.15, 0.2) is 54.6 Å². The van der Waals surface area contributed by atoms with Crippen LogP contribution in [0.4, 0.5) is 0 Å². The lowest BCUT2D eigenvalue weighted by Gasteiger charge is -2.12. The molecule has 0 bridgehead atoms. The van der Waals surface area contributed by atoms with E-state index in [-0.39, 0.29) is 0 Å². The molecule has 2 aromatic rings. The first-order valence-corrected chi connectivity index (χ1v) is 7.68. The molecular formula is C16H17NS2. The Balaban J connectivity index is 1.99. The minimum atomic E-state index is 0.461. The standard InChI is InChI=1S/C16H17NS2/c1-12(14-7-3-2-4-8-14)19-11-13-6-5-9-15(10-13)16(17)18/h2-10,12H,11H2,1H3,(H2,17,18). The third kappa shape index (κ3) is 4.08. The van der Waals surface area contributed by atoms with Crippen LogP contribution in [0.1, 0.15) is 28.9 Å². The Morgan fingerprint density at radius 2 is 1.89 bits per heavy atom. The minimum absolute atomic E-state index is 0.461. The number of nitrogens with two attached hydrogens (primary N) is 1. The highest BCUT2D eigenvalue weighted by molar-refractivity contribution is 7.98. The monoisotopic (exact) mass is 287 g/mol. The summed E-state index contributed by atoms with van der Waals surface area (Å²) in [6.45, 7) is 2.23. The summed E-state index contributed by atoms with van der Waals surface area (Å²) in [5, 5.41) is 0.481. The number of benzene rings is 2. The number of thioether (sulfide) groups is 1. The number of hydrogen-bond donors (Lipinski definition) is 1. The number of hydrogen-bond acceptors (Lipinski definition) is 2. The van der Waals surface area contributed by atoms with E-state index in [2.05, 4.69) is 43.3 Å². The lowest BCUT2D eigenvalue weighted by molar-refractivity contribution is 1.09. The highest BCUT2D eigenvalue weighted by Gasteiger charge is 2.06. The molecule has 0 aliphatic carbocycles. The van der Waals surface area contributed by atoms with Crippen molar-refractivity contribution in [2.75, 3.05) is 0 Å². The first-order valence-electron chi connectivity index (χ1n) is 6.22. The maximum absolute atomic E-state index is 5.65. The Hall–Kier alpha value is -1.32. The third-order valence-corrected chi connectivity index (χ3v) is 4.49. The molecule has 0 fully saturated rings. The summed E-state index contributed by atoms with van der Waals surface area (Å²) in [6, 6.07) is 18.7. The van der Waals surface area contributed by atoms with Crippen LogP contribution in [0.3, 0.4) is 0 Å². The number of thiocarbonyl (C=S) groups is 1. The van der Waals surface area contributed by atoms with Crippen molar-refractivity contribution in [1.29, 1.82) is 0 Å². The van der Waals surface area contributed by atoms with Gasteiger partial charge in [-0.2, -0.15) is 0 Å². The Kier molecular flexibility index (Phi) is 5.00. The van der Waals surface area contributed by atoms with Gasteiger partial charge in [-0.1, -0.05) is 60.7 Å². The Morgan fingerprint density at radius 1 is 1.16 bits per heavy atom. The van der Waals surface area contributed by atoms with Crippen molar-refractivity contribution in [2.24, 2.45) is 5.73 Å². The molecule has 0 aromatic heterocycles. The van der Waals surface area contributed by atoms with Crippen LogP contribution in [0.25, 0.3) is 0 Å².